The number of rotatable bonds is 4. The second-order valence-electron chi connectivity index (χ2n) is 4.15. The molecule has 0 radical (unpaired) electrons. The SMILES string of the molecule is C=C(C)COc1ccc(S(=O)(=O)Cl)c2ncccc12. The van der Waals surface area contributed by atoms with Crippen LogP contribution >= 0.6 is 10.7 Å². The Morgan fingerprint density at radius 3 is 2.79 bits per heavy atom. The van der Waals surface area contributed by atoms with Crippen LogP contribution in [0.25, 0.3) is 10.9 Å². The Morgan fingerprint density at radius 1 is 1.42 bits per heavy atom. The van der Waals surface area contributed by atoms with Crippen molar-refractivity contribution in [2.45, 2.75) is 11.8 Å². The van der Waals surface area contributed by atoms with Gasteiger partial charge in [0.15, 0.2) is 0 Å². The van der Waals surface area contributed by atoms with Crippen molar-refractivity contribution < 1.29 is 13.2 Å². The molecule has 0 aliphatic carbocycles. The van der Waals surface area contributed by atoms with Crippen LogP contribution in [0.3, 0.4) is 0 Å². The molecule has 0 aliphatic rings. The molecule has 2 rings (SSSR count). The molecule has 2 aromatic rings. The maximum atomic E-state index is 11.5. The van der Waals surface area contributed by atoms with Crippen LogP contribution < -0.4 is 4.74 Å². The Morgan fingerprint density at radius 2 is 2.16 bits per heavy atom. The van der Waals surface area contributed by atoms with Crippen LogP contribution in [0.2, 0.25) is 0 Å². The summed E-state index contributed by atoms with van der Waals surface area (Å²) in [7, 11) is 1.55. The van der Waals surface area contributed by atoms with Gasteiger partial charge >= 0.3 is 0 Å². The summed E-state index contributed by atoms with van der Waals surface area (Å²) < 4.78 is 28.6. The number of pyridine rings is 1. The van der Waals surface area contributed by atoms with E-state index in [2.05, 4.69) is 11.6 Å². The summed E-state index contributed by atoms with van der Waals surface area (Å²) in [6, 6.07) is 6.41. The number of fused-ring (bicyclic) bond motifs is 1. The second-order valence-corrected chi connectivity index (χ2v) is 6.68. The van der Waals surface area contributed by atoms with Gasteiger partial charge in [0.2, 0.25) is 0 Å². The number of ether oxygens (including phenoxy) is 1. The Kier molecular flexibility index (Phi) is 3.78. The van der Waals surface area contributed by atoms with Gasteiger partial charge in [0.05, 0.1) is 5.52 Å². The molecule has 0 aliphatic heterocycles. The molecule has 1 heterocycles. The molecule has 19 heavy (non-hydrogen) atoms. The molecule has 1 aromatic heterocycles. The van der Waals surface area contributed by atoms with E-state index in [1.54, 1.807) is 18.2 Å². The zero-order chi connectivity index (χ0) is 14.0. The van der Waals surface area contributed by atoms with Crippen molar-refractivity contribution in [3.05, 3.63) is 42.6 Å². The third-order valence-electron chi connectivity index (χ3n) is 2.43. The first-order chi connectivity index (χ1) is 8.89. The molecule has 0 N–H and O–H groups in total. The average molecular weight is 298 g/mol. The van der Waals surface area contributed by atoms with Crippen LogP contribution in [0.1, 0.15) is 6.92 Å². The van der Waals surface area contributed by atoms with E-state index in [1.165, 1.54) is 12.3 Å². The highest BCUT2D eigenvalue weighted by atomic mass is 35.7. The van der Waals surface area contributed by atoms with Crippen molar-refractivity contribution >= 4 is 30.6 Å². The molecule has 0 saturated carbocycles. The van der Waals surface area contributed by atoms with Crippen LogP contribution in [-0.2, 0) is 9.05 Å². The molecule has 0 unspecified atom stereocenters. The molecule has 0 saturated heterocycles. The first-order valence-corrected chi connectivity index (χ1v) is 7.80. The molecule has 0 fully saturated rings. The first kappa shape index (κ1) is 13.8. The summed E-state index contributed by atoms with van der Waals surface area (Å²) >= 11 is 0. The molecular formula is C13H12ClNO3S. The smallest absolute Gasteiger partial charge is 0.263 e. The largest absolute Gasteiger partial charge is 0.489 e. The predicted molar refractivity (Wildman–Crippen MR) is 75.1 cm³/mol. The second kappa shape index (κ2) is 5.19. The quantitative estimate of drug-likeness (QED) is 0.643. The van der Waals surface area contributed by atoms with Gasteiger partial charge in [-0.1, -0.05) is 6.58 Å². The van der Waals surface area contributed by atoms with Crippen LogP contribution in [-0.4, -0.2) is 20.0 Å². The van der Waals surface area contributed by atoms with E-state index in [1.807, 2.05) is 6.92 Å². The molecular weight excluding hydrogens is 286 g/mol. The highest BCUT2D eigenvalue weighted by molar-refractivity contribution is 8.14. The van der Waals surface area contributed by atoms with Crippen molar-refractivity contribution in [1.82, 2.24) is 4.98 Å². The van der Waals surface area contributed by atoms with Gasteiger partial charge in [-0.25, -0.2) is 8.42 Å². The van der Waals surface area contributed by atoms with Gasteiger partial charge in [0.25, 0.3) is 9.05 Å². The van der Waals surface area contributed by atoms with Gasteiger partial charge in [-0.2, -0.15) is 0 Å². The third-order valence-corrected chi connectivity index (χ3v) is 3.78. The molecule has 0 bridgehead atoms. The van der Waals surface area contributed by atoms with Gasteiger partial charge in [-0.3, -0.25) is 4.98 Å². The maximum absolute atomic E-state index is 11.5. The number of hydrogen-bond donors (Lipinski definition) is 0. The first-order valence-electron chi connectivity index (χ1n) is 5.49. The highest BCUT2D eigenvalue weighted by Gasteiger charge is 2.17. The Balaban J connectivity index is 2.62. The third kappa shape index (κ3) is 3.05. The number of halogens is 1. The minimum Gasteiger partial charge on any atom is -0.489 e. The van der Waals surface area contributed by atoms with Gasteiger partial charge in [-0.15, -0.1) is 0 Å². The van der Waals surface area contributed by atoms with E-state index < -0.39 is 9.05 Å². The molecule has 4 nitrogen and oxygen atoms in total. The maximum Gasteiger partial charge on any atom is 0.263 e. The lowest BCUT2D eigenvalue weighted by molar-refractivity contribution is 0.356. The lowest BCUT2D eigenvalue weighted by atomic mass is 10.2. The average Bonchev–Trinajstić information content (AvgIpc) is 2.34. The van der Waals surface area contributed by atoms with Gasteiger partial charge in [-0.05, 0) is 36.8 Å². The zero-order valence-electron chi connectivity index (χ0n) is 10.3. The monoisotopic (exact) mass is 297 g/mol. The van der Waals surface area contributed by atoms with Crippen molar-refractivity contribution in [3.8, 4) is 5.75 Å². The Bertz CT molecular complexity index is 741. The van der Waals surface area contributed by atoms with Crippen LogP contribution in [0.15, 0.2) is 47.5 Å². The number of benzene rings is 1. The minimum absolute atomic E-state index is 0.0209. The summed E-state index contributed by atoms with van der Waals surface area (Å²) in [5.74, 6) is 0.551. The standard InChI is InChI=1S/C13H12ClNO3S/c1-9(2)8-18-11-5-6-12(19(14,16)17)13-10(11)4-3-7-15-13/h3-7H,1,8H2,2H3. The number of aromatic nitrogens is 1. The summed E-state index contributed by atoms with van der Waals surface area (Å²) in [6.07, 6.45) is 1.51. The zero-order valence-corrected chi connectivity index (χ0v) is 11.8. The van der Waals surface area contributed by atoms with Gasteiger partial charge in [0.1, 0.15) is 17.3 Å². The molecule has 0 atom stereocenters. The predicted octanol–water partition coefficient (Wildman–Crippen LogP) is 3.12. The van der Waals surface area contributed by atoms with Crippen LogP contribution in [0, 0.1) is 0 Å². The highest BCUT2D eigenvalue weighted by Crippen LogP contribution is 2.31. The van der Waals surface area contributed by atoms with E-state index in [9.17, 15) is 8.42 Å². The van der Waals surface area contributed by atoms with E-state index in [0.717, 1.165) is 5.57 Å². The number of nitrogens with zero attached hydrogens (tertiary/aromatic N) is 1. The van der Waals surface area contributed by atoms with Gasteiger partial charge < -0.3 is 4.74 Å². The van der Waals surface area contributed by atoms with E-state index in [4.69, 9.17) is 15.4 Å². The van der Waals surface area contributed by atoms with Crippen LogP contribution in [0.5, 0.6) is 5.75 Å². The lowest BCUT2D eigenvalue weighted by Gasteiger charge is -2.10. The van der Waals surface area contributed by atoms with E-state index in [-0.39, 0.29) is 4.90 Å². The molecule has 0 spiro atoms. The topological polar surface area (TPSA) is 56.3 Å². The van der Waals surface area contributed by atoms with Crippen molar-refractivity contribution in [2.75, 3.05) is 6.61 Å². The molecule has 100 valence electrons. The summed E-state index contributed by atoms with van der Waals surface area (Å²) in [6.45, 7) is 5.95. The van der Waals surface area contributed by atoms with E-state index in [0.29, 0.717) is 23.3 Å². The van der Waals surface area contributed by atoms with Crippen molar-refractivity contribution in [1.29, 1.82) is 0 Å². The van der Waals surface area contributed by atoms with E-state index >= 15 is 0 Å². The lowest BCUT2D eigenvalue weighted by Crippen LogP contribution is -2.00. The van der Waals surface area contributed by atoms with Crippen LogP contribution in [0.4, 0.5) is 0 Å². The molecule has 6 heteroatoms. The fourth-order valence-electron chi connectivity index (χ4n) is 1.64. The minimum atomic E-state index is -3.84. The van der Waals surface area contributed by atoms with Crippen molar-refractivity contribution in [2.24, 2.45) is 0 Å². The molecule has 1 aromatic carbocycles. The normalized spacial score (nSPS) is 11.5. The Labute approximate surface area is 116 Å². The number of hydrogen-bond acceptors (Lipinski definition) is 4. The van der Waals surface area contributed by atoms with Crippen molar-refractivity contribution in [3.63, 3.8) is 0 Å². The molecule has 0 amide bonds. The summed E-state index contributed by atoms with van der Waals surface area (Å²) in [5, 5.41) is 0.602. The summed E-state index contributed by atoms with van der Waals surface area (Å²) in [5.41, 5.74) is 1.17. The Hall–Kier alpha value is -1.59. The fraction of sp³-hybridized carbons (Fsp3) is 0.154. The summed E-state index contributed by atoms with van der Waals surface area (Å²) in [4.78, 5) is 4.05. The van der Waals surface area contributed by atoms with Gasteiger partial charge in [0, 0.05) is 22.3 Å². The fourth-order valence-corrected chi connectivity index (χ4v) is 2.64.